The van der Waals surface area contributed by atoms with Crippen LogP contribution in [0.4, 0.5) is 0 Å². The van der Waals surface area contributed by atoms with Crippen molar-refractivity contribution in [2.75, 3.05) is 13.6 Å². The fourth-order valence-corrected chi connectivity index (χ4v) is 6.44. The summed E-state index contributed by atoms with van der Waals surface area (Å²) in [6.45, 7) is -0.721. The summed E-state index contributed by atoms with van der Waals surface area (Å²) >= 11 is 0. The van der Waals surface area contributed by atoms with Gasteiger partial charge in [-0.25, -0.2) is 0 Å². The fourth-order valence-electron chi connectivity index (χ4n) is 6.44. The average Bonchev–Trinajstić information content (AvgIpc) is 3.49. The minimum absolute atomic E-state index is 0.0551. The Labute approximate surface area is 280 Å². The van der Waals surface area contributed by atoms with E-state index in [0.29, 0.717) is 19.3 Å². The van der Waals surface area contributed by atoms with Crippen LogP contribution in [0.15, 0.2) is 91.0 Å². The lowest BCUT2D eigenvalue weighted by atomic mass is 9.93. The van der Waals surface area contributed by atoms with Crippen molar-refractivity contribution in [1.29, 1.82) is 0 Å². The number of hydrogen-bond acceptors (Lipinski definition) is 9. The maximum Gasteiger partial charge on any atom is 0.246 e. The van der Waals surface area contributed by atoms with E-state index in [1.165, 1.54) is 0 Å². The van der Waals surface area contributed by atoms with E-state index in [1.807, 2.05) is 91.0 Å². The van der Waals surface area contributed by atoms with Crippen LogP contribution in [0.1, 0.15) is 48.4 Å². The molecule has 3 aromatic rings. The minimum atomic E-state index is -0.786. The summed E-state index contributed by atoms with van der Waals surface area (Å²) in [5.41, 5.74) is 9.12. The molecule has 0 aromatic heterocycles. The lowest BCUT2D eigenvalue weighted by molar-refractivity contribution is -0.284. The Morgan fingerprint density at radius 2 is 1.35 bits per heavy atom. The topological polar surface area (TPSA) is 197 Å². The van der Waals surface area contributed by atoms with E-state index in [1.54, 1.807) is 11.9 Å². The number of nitrogens with one attached hydrogen (secondary N) is 3. The summed E-state index contributed by atoms with van der Waals surface area (Å²) < 4.78 is 0. The number of hydrogen-bond donors (Lipinski definition) is 4. The minimum Gasteiger partial charge on any atom is -0.554 e. The highest BCUT2D eigenvalue weighted by Crippen LogP contribution is 2.34. The summed E-state index contributed by atoms with van der Waals surface area (Å²) in [5.74, 6) is -0.849. The zero-order chi connectivity index (χ0) is 34.9. The van der Waals surface area contributed by atoms with E-state index >= 15 is 0 Å². The second kappa shape index (κ2) is 19.6. The molecule has 2 saturated heterocycles. The highest BCUT2D eigenvalue weighted by atomic mass is 16.3. The van der Waals surface area contributed by atoms with Crippen LogP contribution in [0, 0.1) is 5.92 Å². The second-order valence-corrected chi connectivity index (χ2v) is 11.5. The lowest BCUT2D eigenvalue weighted by Crippen LogP contribution is -2.59. The normalized spacial score (nSPS) is 20.4. The number of amides is 3. The number of carbonyl (C=O) groups is 5. The Morgan fingerprint density at radius 1 is 0.854 bits per heavy atom. The molecule has 3 aromatic carbocycles. The van der Waals surface area contributed by atoms with Crippen LogP contribution in [0.2, 0.25) is 0 Å². The Morgan fingerprint density at radius 3 is 1.85 bits per heavy atom. The maximum atomic E-state index is 14.2. The van der Waals surface area contributed by atoms with E-state index in [0.717, 1.165) is 29.5 Å². The molecule has 5 atom stereocenters. The maximum absolute atomic E-state index is 14.2. The SMILES string of the molecule is CN[C@H](Cc1ccccc1)C(=O)N[C@@H]1C(=O)N2[C@@H](CC[C@@H]1CN)CC[C@H]2C(=O)NC(c1ccccc1)c1ccccc1.O=C[O-].O=C[O-]. The van der Waals surface area contributed by atoms with Gasteiger partial charge in [-0.15, -0.1) is 0 Å². The molecule has 2 heterocycles. The average molecular weight is 658 g/mol. The first-order valence-corrected chi connectivity index (χ1v) is 15.9. The molecule has 0 unspecified atom stereocenters. The van der Waals surface area contributed by atoms with Crippen LogP contribution in [-0.2, 0) is 30.4 Å². The third-order valence-electron chi connectivity index (χ3n) is 8.77. The van der Waals surface area contributed by atoms with Crippen LogP contribution in [0.25, 0.3) is 0 Å². The third kappa shape index (κ3) is 9.96. The van der Waals surface area contributed by atoms with E-state index in [4.69, 9.17) is 25.5 Å². The van der Waals surface area contributed by atoms with Crippen molar-refractivity contribution in [3.8, 4) is 0 Å². The van der Waals surface area contributed by atoms with Gasteiger partial charge < -0.3 is 46.4 Å². The molecule has 5 rings (SSSR count). The van der Waals surface area contributed by atoms with Crippen molar-refractivity contribution < 1.29 is 34.2 Å². The number of nitrogens with two attached hydrogens (primary N) is 1. The van der Waals surface area contributed by atoms with E-state index < -0.39 is 31.1 Å². The van der Waals surface area contributed by atoms with Gasteiger partial charge in [0.25, 0.3) is 0 Å². The Kier molecular flexibility index (Phi) is 15.2. The molecule has 0 bridgehead atoms. The van der Waals surface area contributed by atoms with Gasteiger partial charge in [-0.05, 0) is 62.4 Å². The number of likely N-dealkylation sites (N-methyl/N-ethyl adjacent to an activating group) is 1. The molecule has 256 valence electrons. The standard InChI is InChI=1S/C34H41N5O3.2CH2O2/c1-36-28(21-23-11-5-2-6-12-23)32(40)38-31-26(22-35)17-18-27-19-20-29(39(27)34(31)42)33(41)37-30(24-13-7-3-8-14-24)25-15-9-4-10-16-25;2*2-1-3/h2-16,26-31,36H,17-22,35H2,1H3,(H,37,41)(H,38,40);2*1H,(H,2,3)/p-2/t26-,27+,28-,29+,31+;;/m1../s1. The van der Waals surface area contributed by atoms with E-state index in [9.17, 15) is 14.4 Å². The first-order valence-electron chi connectivity index (χ1n) is 15.9. The summed E-state index contributed by atoms with van der Waals surface area (Å²) in [7, 11) is 1.75. The fraction of sp³-hybridized carbons (Fsp3) is 0.361. The highest BCUT2D eigenvalue weighted by molar-refractivity contribution is 5.94. The second-order valence-electron chi connectivity index (χ2n) is 11.5. The zero-order valence-corrected chi connectivity index (χ0v) is 26.9. The molecule has 2 aliphatic heterocycles. The molecule has 3 amide bonds. The number of benzene rings is 3. The molecule has 12 heteroatoms. The number of carbonyl (C=O) groups excluding carboxylic acids is 5. The monoisotopic (exact) mass is 657 g/mol. The van der Waals surface area contributed by atoms with Gasteiger partial charge in [0, 0.05) is 24.9 Å². The van der Waals surface area contributed by atoms with E-state index in [2.05, 4.69) is 16.0 Å². The largest absolute Gasteiger partial charge is 0.554 e. The van der Waals surface area contributed by atoms with Gasteiger partial charge in [-0.1, -0.05) is 91.0 Å². The van der Waals surface area contributed by atoms with Gasteiger partial charge in [0.15, 0.2) is 0 Å². The van der Waals surface area contributed by atoms with Crippen LogP contribution in [0.3, 0.4) is 0 Å². The van der Waals surface area contributed by atoms with Gasteiger partial charge >= 0.3 is 0 Å². The van der Waals surface area contributed by atoms with Crippen molar-refractivity contribution in [3.63, 3.8) is 0 Å². The quantitative estimate of drug-likeness (QED) is 0.211. The zero-order valence-electron chi connectivity index (χ0n) is 26.9. The van der Waals surface area contributed by atoms with Crippen LogP contribution < -0.4 is 31.9 Å². The molecule has 5 N–H and O–H groups in total. The number of nitrogens with zero attached hydrogens (tertiary/aromatic N) is 1. The van der Waals surface area contributed by atoms with Gasteiger partial charge in [0.05, 0.1) is 12.1 Å². The molecule has 0 spiro atoms. The predicted molar refractivity (Wildman–Crippen MR) is 175 cm³/mol. The predicted octanol–water partition coefficient (Wildman–Crippen LogP) is -0.332. The molecule has 0 aliphatic carbocycles. The van der Waals surface area contributed by atoms with Gasteiger partial charge in [-0.2, -0.15) is 0 Å². The third-order valence-corrected chi connectivity index (χ3v) is 8.77. The summed E-state index contributed by atoms with van der Waals surface area (Å²) in [4.78, 5) is 59.8. The molecule has 0 saturated carbocycles. The lowest BCUT2D eigenvalue weighted by Gasteiger charge is -2.33. The molecule has 2 aliphatic rings. The Bertz CT molecular complexity index is 1400. The van der Waals surface area contributed by atoms with Gasteiger partial charge in [0.1, 0.15) is 12.1 Å². The summed E-state index contributed by atoms with van der Waals surface area (Å²) in [5, 5.41) is 25.9. The van der Waals surface area contributed by atoms with Crippen LogP contribution >= 0.6 is 0 Å². The first kappa shape index (κ1) is 37.4. The molecule has 0 radical (unpaired) electrons. The van der Waals surface area contributed by atoms with Crippen molar-refractivity contribution >= 4 is 30.7 Å². The number of fused-ring (bicyclic) bond motifs is 1. The van der Waals surface area contributed by atoms with Crippen LogP contribution in [-0.4, -0.2) is 73.3 Å². The number of carboxylic acid groups (broad SMARTS) is 2. The molecule has 12 nitrogen and oxygen atoms in total. The van der Waals surface area contributed by atoms with Gasteiger partial charge in [-0.3, -0.25) is 14.4 Å². The van der Waals surface area contributed by atoms with Crippen molar-refractivity contribution in [2.45, 2.75) is 62.3 Å². The Balaban J connectivity index is 0.000000969. The van der Waals surface area contributed by atoms with Crippen molar-refractivity contribution in [2.24, 2.45) is 11.7 Å². The van der Waals surface area contributed by atoms with Crippen molar-refractivity contribution in [3.05, 3.63) is 108 Å². The molecule has 48 heavy (non-hydrogen) atoms. The smallest absolute Gasteiger partial charge is 0.246 e. The van der Waals surface area contributed by atoms with E-state index in [-0.39, 0.29) is 42.3 Å². The number of rotatable bonds is 10. The summed E-state index contributed by atoms with van der Waals surface area (Å²) in [6.07, 6.45) is 3.29. The van der Waals surface area contributed by atoms with Crippen molar-refractivity contribution in [1.82, 2.24) is 20.9 Å². The Hall–Kier alpha value is -5.07. The molecule has 2 fully saturated rings. The summed E-state index contributed by atoms with van der Waals surface area (Å²) in [6, 6.07) is 27.2. The van der Waals surface area contributed by atoms with Gasteiger partial charge in [0.2, 0.25) is 17.7 Å². The first-order chi connectivity index (χ1) is 23.3. The molecular formula is C36H43N5O7-2. The van der Waals surface area contributed by atoms with Crippen LogP contribution in [0.5, 0.6) is 0 Å². The molecular weight excluding hydrogens is 614 g/mol. The highest BCUT2D eigenvalue weighted by Gasteiger charge is 2.47.